The van der Waals surface area contributed by atoms with Crippen LogP contribution in [0.5, 0.6) is 0 Å². The second-order valence-electron chi connectivity index (χ2n) is 5.65. The Morgan fingerprint density at radius 2 is 2.39 bits per heavy atom. The lowest BCUT2D eigenvalue weighted by Gasteiger charge is -2.31. The summed E-state index contributed by atoms with van der Waals surface area (Å²) in [6.07, 6.45) is 8.95. The molecule has 2 heterocycles. The van der Waals surface area contributed by atoms with Crippen molar-refractivity contribution in [1.82, 2.24) is 14.9 Å². The minimum atomic E-state index is -0.673. The van der Waals surface area contributed by atoms with Crippen LogP contribution in [0.25, 0.3) is 0 Å². The fourth-order valence-electron chi connectivity index (χ4n) is 2.84. The Bertz CT molecular complexity index is 367. The number of aromatic nitrogens is 2. The van der Waals surface area contributed by atoms with Gasteiger partial charge in [-0.25, -0.2) is 4.98 Å². The van der Waals surface area contributed by atoms with Crippen LogP contribution in [0.3, 0.4) is 0 Å². The molecule has 0 spiro atoms. The molecule has 1 aliphatic heterocycles. The van der Waals surface area contributed by atoms with Crippen LogP contribution >= 0.6 is 0 Å². The highest BCUT2D eigenvalue weighted by atomic mass is 16.3. The van der Waals surface area contributed by atoms with Gasteiger partial charge in [-0.3, -0.25) is 0 Å². The SMILES string of the molecule is CCn1ccnc1CC(C)(O)CC1CCCCN1. The van der Waals surface area contributed by atoms with Gasteiger partial charge in [-0.2, -0.15) is 0 Å². The zero-order valence-electron chi connectivity index (χ0n) is 11.5. The molecular formula is C14H25N3O. The van der Waals surface area contributed by atoms with Crippen LogP contribution in [-0.4, -0.2) is 32.8 Å². The molecule has 1 aromatic heterocycles. The Morgan fingerprint density at radius 1 is 1.56 bits per heavy atom. The maximum absolute atomic E-state index is 10.6. The van der Waals surface area contributed by atoms with Crippen LogP contribution in [0.2, 0.25) is 0 Å². The standard InChI is InChI=1S/C14H25N3O/c1-3-17-9-8-16-13(17)11-14(2,18)10-12-6-4-5-7-15-12/h8-9,12,15,18H,3-7,10-11H2,1-2H3. The van der Waals surface area contributed by atoms with Crippen molar-refractivity contribution in [2.75, 3.05) is 6.54 Å². The number of hydrogen-bond acceptors (Lipinski definition) is 3. The predicted molar refractivity (Wildman–Crippen MR) is 72.5 cm³/mol. The lowest BCUT2D eigenvalue weighted by molar-refractivity contribution is 0.0345. The summed E-state index contributed by atoms with van der Waals surface area (Å²) in [6.45, 7) is 6.03. The Morgan fingerprint density at radius 3 is 3.06 bits per heavy atom. The van der Waals surface area contributed by atoms with E-state index >= 15 is 0 Å². The summed E-state index contributed by atoms with van der Waals surface area (Å²) in [7, 11) is 0. The van der Waals surface area contributed by atoms with Crippen molar-refractivity contribution in [1.29, 1.82) is 0 Å². The van der Waals surface area contributed by atoms with E-state index in [1.165, 1.54) is 19.3 Å². The van der Waals surface area contributed by atoms with E-state index in [2.05, 4.69) is 21.8 Å². The molecule has 1 saturated heterocycles. The minimum absolute atomic E-state index is 0.457. The van der Waals surface area contributed by atoms with Crippen LogP contribution in [0.4, 0.5) is 0 Å². The molecule has 4 nitrogen and oxygen atoms in total. The highest BCUT2D eigenvalue weighted by Gasteiger charge is 2.28. The highest BCUT2D eigenvalue weighted by molar-refractivity contribution is 4.98. The molecule has 18 heavy (non-hydrogen) atoms. The summed E-state index contributed by atoms with van der Waals surface area (Å²) < 4.78 is 2.10. The topological polar surface area (TPSA) is 50.1 Å². The van der Waals surface area contributed by atoms with Crippen molar-refractivity contribution in [2.45, 2.75) is 64.1 Å². The summed E-state index contributed by atoms with van der Waals surface area (Å²) >= 11 is 0. The molecule has 2 rings (SSSR count). The lowest BCUT2D eigenvalue weighted by atomic mass is 9.89. The van der Waals surface area contributed by atoms with Gasteiger partial charge in [-0.1, -0.05) is 6.42 Å². The molecule has 0 aliphatic carbocycles. The van der Waals surface area contributed by atoms with Gasteiger partial charge in [0.25, 0.3) is 0 Å². The van der Waals surface area contributed by atoms with E-state index in [0.717, 1.165) is 25.3 Å². The first-order valence-corrected chi connectivity index (χ1v) is 7.06. The van der Waals surface area contributed by atoms with E-state index in [-0.39, 0.29) is 0 Å². The maximum atomic E-state index is 10.6. The van der Waals surface area contributed by atoms with E-state index in [4.69, 9.17) is 0 Å². The molecule has 0 bridgehead atoms. The molecule has 2 unspecified atom stereocenters. The summed E-state index contributed by atoms with van der Waals surface area (Å²) in [5, 5.41) is 14.1. The van der Waals surface area contributed by atoms with Crippen molar-refractivity contribution in [3.8, 4) is 0 Å². The summed E-state index contributed by atoms with van der Waals surface area (Å²) in [5.74, 6) is 0.985. The van der Waals surface area contributed by atoms with E-state index in [0.29, 0.717) is 12.5 Å². The van der Waals surface area contributed by atoms with Crippen molar-refractivity contribution in [2.24, 2.45) is 0 Å². The van der Waals surface area contributed by atoms with Crippen molar-refractivity contribution >= 4 is 0 Å². The number of aliphatic hydroxyl groups is 1. The highest BCUT2D eigenvalue weighted by Crippen LogP contribution is 2.22. The quantitative estimate of drug-likeness (QED) is 0.838. The zero-order chi connectivity index (χ0) is 13.0. The molecule has 102 valence electrons. The largest absolute Gasteiger partial charge is 0.390 e. The van der Waals surface area contributed by atoms with E-state index in [1.54, 1.807) is 0 Å². The van der Waals surface area contributed by atoms with Gasteiger partial charge in [0, 0.05) is 31.4 Å². The molecule has 0 aromatic carbocycles. The zero-order valence-corrected chi connectivity index (χ0v) is 11.5. The average molecular weight is 251 g/mol. The van der Waals surface area contributed by atoms with Gasteiger partial charge >= 0.3 is 0 Å². The van der Waals surface area contributed by atoms with Crippen LogP contribution < -0.4 is 5.32 Å². The first-order chi connectivity index (χ1) is 8.61. The van der Waals surface area contributed by atoms with E-state index < -0.39 is 5.60 Å². The number of imidazole rings is 1. The molecule has 0 radical (unpaired) electrons. The molecule has 1 fully saturated rings. The Kier molecular flexibility index (Phi) is 4.40. The number of rotatable bonds is 5. The second-order valence-corrected chi connectivity index (χ2v) is 5.65. The van der Waals surface area contributed by atoms with Crippen LogP contribution in [0.15, 0.2) is 12.4 Å². The molecule has 0 amide bonds. The monoisotopic (exact) mass is 251 g/mol. The predicted octanol–water partition coefficient (Wildman–Crippen LogP) is 1.73. The first-order valence-electron chi connectivity index (χ1n) is 7.06. The molecule has 0 saturated carbocycles. The van der Waals surface area contributed by atoms with E-state index in [1.807, 2.05) is 19.3 Å². The molecule has 1 aromatic rings. The third-order valence-electron chi connectivity index (χ3n) is 3.78. The Hall–Kier alpha value is -0.870. The average Bonchev–Trinajstić information content (AvgIpc) is 2.76. The fourth-order valence-corrected chi connectivity index (χ4v) is 2.84. The van der Waals surface area contributed by atoms with Gasteiger partial charge < -0.3 is 15.0 Å². The van der Waals surface area contributed by atoms with Crippen LogP contribution in [-0.2, 0) is 13.0 Å². The molecular weight excluding hydrogens is 226 g/mol. The van der Waals surface area contributed by atoms with Gasteiger partial charge in [0.1, 0.15) is 5.82 Å². The van der Waals surface area contributed by atoms with Crippen molar-refractivity contribution in [3.63, 3.8) is 0 Å². The number of nitrogens with one attached hydrogen (secondary N) is 1. The minimum Gasteiger partial charge on any atom is -0.390 e. The van der Waals surface area contributed by atoms with Gasteiger partial charge in [0.05, 0.1) is 5.60 Å². The first kappa shape index (κ1) is 13.6. The second kappa shape index (κ2) is 5.85. The third-order valence-corrected chi connectivity index (χ3v) is 3.78. The summed E-state index contributed by atoms with van der Waals surface area (Å²) in [5.41, 5.74) is -0.673. The van der Waals surface area contributed by atoms with Crippen molar-refractivity contribution < 1.29 is 5.11 Å². The number of nitrogens with zero attached hydrogens (tertiary/aromatic N) is 2. The lowest BCUT2D eigenvalue weighted by Crippen LogP contribution is -2.42. The molecule has 2 N–H and O–H groups in total. The van der Waals surface area contributed by atoms with E-state index in [9.17, 15) is 5.11 Å². The maximum Gasteiger partial charge on any atom is 0.111 e. The summed E-state index contributed by atoms with van der Waals surface area (Å²) in [6, 6.07) is 0.457. The number of aryl methyl sites for hydroxylation is 1. The Balaban J connectivity index is 1.93. The van der Waals surface area contributed by atoms with Crippen molar-refractivity contribution in [3.05, 3.63) is 18.2 Å². The molecule has 2 atom stereocenters. The fraction of sp³-hybridized carbons (Fsp3) is 0.786. The third kappa shape index (κ3) is 3.56. The Labute approximate surface area is 109 Å². The number of piperidine rings is 1. The normalized spacial score (nSPS) is 23.8. The number of hydrogen-bond donors (Lipinski definition) is 2. The van der Waals surface area contributed by atoms with Gasteiger partial charge in [0.2, 0.25) is 0 Å². The summed E-state index contributed by atoms with van der Waals surface area (Å²) in [4.78, 5) is 4.35. The van der Waals surface area contributed by atoms with Gasteiger partial charge in [0.15, 0.2) is 0 Å². The van der Waals surface area contributed by atoms with Gasteiger partial charge in [-0.15, -0.1) is 0 Å². The smallest absolute Gasteiger partial charge is 0.111 e. The van der Waals surface area contributed by atoms with Crippen LogP contribution in [0, 0.1) is 0 Å². The molecule has 1 aliphatic rings. The molecule has 4 heteroatoms. The van der Waals surface area contributed by atoms with Crippen LogP contribution in [0.1, 0.15) is 45.4 Å². The van der Waals surface area contributed by atoms with Gasteiger partial charge in [-0.05, 0) is 39.7 Å².